The van der Waals surface area contributed by atoms with E-state index in [0.29, 0.717) is 23.2 Å². The molecule has 0 spiro atoms. The normalized spacial score (nSPS) is 14.8. The van der Waals surface area contributed by atoms with Gasteiger partial charge in [0, 0.05) is 40.5 Å². The van der Waals surface area contributed by atoms with Crippen molar-refractivity contribution in [3.63, 3.8) is 0 Å². The van der Waals surface area contributed by atoms with E-state index in [1.807, 2.05) is 26.0 Å². The molecular formula is C40H40N6O5. The van der Waals surface area contributed by atoms with Crippen LogP contribution in [0.3, 0.4) is 0 Å². The fourth-order valence-electron chi connectivity index (χ4n) is 5.90. The Bertz CT molecular complexity index is 2010. The third-order valence-corrected chi connectivity index (χ3v) is 8.35. The summed E-state index contributed by atoms with van der Waals surface area (Å²) in [6.45, 7) is 4.25. The van der Waals surface area contributed by atoms with Gasteiger partial charge in [-0.15, -0.1) is 12.8 Å². The lowest BCUT2D eigenvalue weighted by Crippen LogP contribution is -2.27. The number of nitrogens with two attached hydrogens (primary N) is 1. The SMILES string of the molecule is C#CCN.C#CCNC(=O)c1ccc2c(c1)CCC2NC(=O)c1ccnc(C)c1.Cc1cc(C(=O)NC2CCc3cc(C(=O)O)ccc32)ccn1. The molecule has 6 rings (SSSR count). The second-order valence-corrected chi connectivity index (χ2v) is 11.9. The number of carboxylic acid groups (broad SMARTS) is 1. The maximum Gasteiger partial charge on any atom is 0.335 e. The van der Waals surface area contributed by atoms with E-state index in [4.69, 9.17) is 17.3 Å². The number of aromatic carboxylic acids is 1. The molecule has 2 atom stereocenters. The van der Waals surface area contributed by atoms with Gasteiger partial charge in [0.2, 0.25) is 0 Å². The standard InChI is InChI=1S/C20H19N3O2.C17H16N2O3.C3H5N/c1-3-9-22-19(24)15-4-6-17-14(12-15)5-7-18(17)23-20(25)16-8-10-21-13(2)11-16;1-10-8-12(6-7-18-10)16(20)19-15-5-3-11-9-13(17(21)22)2-4-14(11)15;1-2-3-4/h1,4,6,8,10-12,18H,5,7,9H2,2H3,(H,22,24)(H,23,25);2,4,6-9,15H,3,5H2,1H3,(H,19,20)(H,21,22);1H,3-4H2. The summed E-state index contributed by atoms with van der Waals surface area (Å²) in [7, 11) is 0. The maximum absolute atomic E-state index is 12.4. The van der Waals surface area contributed by atoms with Crippen molar-refractivity contribution in [2.24, 2.45) is 5.73 Å². The third kappa shape index (κ3) is 10.1. The molecule has 260 valence electrons. The van der Waals surface area contributed by atoms with Crippen LogP contribution < -0.4 is 21.7 Å². The molecule has 2 aliphatic carbocycles. The van der Waals surface area contributed by atoms with Gasteiger partial charge in [0.15, 0.2) is 0 Å². The Morgan fingerprint density at radius 2 is 1.18 bits per heavy atom. The van der Waals surface area contributed by atoms with Crippen LogP contribution in [0.25, 0.3) is 0 Å². The van der Waals surface area contributed by atoms with Crippen LogP contribution in [0, 0.1) is 38.5 Å². The number of terminal acetylenes is 2. The largest absolute Gasteiger partial charge is 0.478 e. The summed E-state index contributed by atoms with van der Waals surface area (Å²) in [6.07, 6.45) is 16.3. The fourth-order valence-corrected chi connectivity index (χ4v) is 5.90. The van der Waals surface area contributed by atoms with Crippen molar-refractivity contribution in [2.45, 2.75) is 51.6 Å². The van der Waals surface area contributed by atoms with Crippen LogP contribution in [-0.4, -0.2) is 51.9 Å². The minimum atomic E-state index is -0.928. The smallest absolute Gasteiger partial charge is 0.335 e. The minimum absolute atomic E-state index is 0.0428. The van der Waals surface area contributed by atoms with E-state index in [2.05, 4.69) is 44.2 Å². The van der Waals surface area contributed by atoms with Crippen molar-refractivity contribution in [1.82, 2.24) is 25.9 Å². The number of rotatable bonds is 7. The molecule has 2 aromatic heterocycles. The molecular weight excluding hydrogens is 644 g/mol. The highest BCUT2D eigenvalue weighted by Gasteiger charge is 2.26. The van der Waals surface area contributed by atoms with Crippen LogP contribution >= 0.6 is 0 Å². The molecule has 0 aliphatic heterocycles. The lowest BCUT2D eigenvalue weighted by molar-refractivity contribution is 0.0695. The third-order valence-electron chi connectivity index (χ3n) is 8.35. The first-order valence-electron chi connectivity index (χ1n) is 16.4. The quantitative estimate of drug-likeness (QED) is 0.180. The second kappa shape index (κ2) is 17.9. The molecule has 2 heterocycles. The van der Waals surface area contributed by atoms with Gasteiger partial charge in [0.1, 0.15) is 0 Å². The van der Waals surface area contributed by atoms with E-state index in [9.17, 15) is 19.2 Å². The van der Waals surface area contributed by atoms with Gasteiger partial charge < -0.3 is 26.8 Å². The van der Waals surface area contributed by atoms with Crippen molar-refractivity contribution < 1.29 is 24.3 Å². The van der Waals surface area contributed by atoms with Crippen molar-refractivity contribution in [1.29, 1.82) is 0 Å². The predicted molar refractivity (Wildman–Crippen MR) is 194 cm³/mol. The van der Waals surface area contributed by atoms with Crippen molar-refractivity contribution in [3.05, 3.63) is 129 Å². The molecule has 0 bridgehead atoms. The van der Waals surface area contributed by atoms with Gasteiger partial charge in [-0.2, -0.15) is 0 Å². The van der Waals surface area contributed by atoms with Crippen molar-refractivity contribution in [3.8, 4) is 24.7 Å². The van der Waals surface area contributed by atoms with E-state index >= 15 is 0 Å². The van der Waals surface area contributed by atoms with E-state index in [1.54, 1.807) is 60.9 Å². The van der Waals surface area contributed by atoms with E-state index in [0.717, 1.165) is 59.3 Å². The van der Waals surface area contributed by atoms with Crippen LogP contribution in [0.5, 0.6) is 0 Å². The van der Waals surface area contributed by atoms with Gasteiger partial charge in [-0.05, 0) is 110 Å². The zero-order chi connectivity index (χ0) is 36.9. The summed E-state index contributed by atoms with van der Waals surface area (Å²) in [4.78, 5) is 55.9. The first-order valence-corrected chi connectivity index (χ1v) is 16.4. The summed E-state index contributed by atoms with van der Waals surface area (Å²) < 4.78 is 0. The van der Waals surface area contributed by atoms with Gasteiger partial charge in [-0.25, -0.2) is 4.79 Å². The Hall–Kier alpha value is -6.30. The number of aromatic nitrogens is 2. The van der Waals surface area contributed by atoms with E-state index < -0.39 is 5.97 Å². The zero-order valence-corrected chi connectivity index (χ0v) is 28.5. The number of aryl methyl sites for hydroxylation is 4. The first-order chi connectivity index (χ1) is 24.5. The average Bonchev–Trinajstić information content (AvgIpc) is 3.73. The number of hydrogen-bond acceptors (Lipinski definition) is 7. The molecule has 4 aromatic rings. The number of carbonyl (C=O) groups excluding carboxylic acids is 3. The van der Waals surface area contributed by atoms with Crippen LogP contribution in [0.2, 0.25) is 0 Å². The zero-order valence-electron chi connectivity index (χ0n) is 28.5. The van der Waals surface area contributed by atoms with E-state index in [-0.39, 0.29) is 41.9 Å². The molecule has 11 heteroatoms. The van der Waals surface area contributed by atoms with Gasteiger partial charge in [0.25, 0.3) is 17.7 Å². The predicted octanol–water partition coefficient (Wildman–Crippen LogP) is 4.25. The van der Waals surface area contributed by atoms with Gasteiger partial charge >= 0.3 is 5.97 Å². The number of nitrogens with zero attached hydrogens (tertiary/aromatic N) is 2. The lowest BCUT2D eigenvalue weighted by Gasteiger charge is -2.15. The number of pyridine rings is 2. The Labute approximate surface area is 297 Å². The monoisotopic (exact) mass is 684 g/mol. The van der Waals surface area contributed by atoms with Crippen LogP contribution in [-0.2, 0) is 12.8 Å². The number of nitrogens with one attached hydrogen (secondary N) is 3. The fraction of sp³-hybridized carbons (Fsp3) is 0.250. The summed E-state index contributed by atoms with van der Waals surface area (Å²) in [5, 5.41) is 17.8. The number of benzene rings is 2. The topological polar surface area (TPSA) is 176 Å². The lowest BCUT2D eigenvalue weighted by atomic mass is 10.0. The van der Waals surface area contributed by atoms with Crippen LogP contribution in [0.4, 0.5) is 0 Å². The molecule has 3 amide bonds. The molecule has 51 heavy (non-hydrogen) atoms. The highest BCUT2D eigenvalue weighted by molar-refractivity contribution is 5.96. The first kappa shape index (κ1) is 37.5. The second-order valence-electron chi connectivity index (χ2n) is 11.9. The van der Waals surface area contributed by atoms with Crippen molar-refractivity contribution >= 4 is 23.7 Å². The molecule has 2 unspecified atom stereocenters. The van der Waals surface area contributed by atoms with Crippen LogP contribution in [0.1, 0.15) is 100.0 Å². The molecule has 0 radical (unpaired) electrons. The van der Waals surface area contributed by atoms with Gasteiger partial charge in [-0.1, -0.05) is 24.0 Å². The molecule has 2 aliphatic rings. The van der Waals surface area contributed by atoms with Crippen LogP contribution in [0.15, 0.2) is 73.1 Å². The number of fused-ring (bicyclic) bond motifs is 2. The summed E-state index contributed by atoms with van der Waals surface area (Å²) >= 11 is 0. The molecule has 6 N–H and O–H groups in total. The van der Waals surface area contributed by atoms with Gasteiger partial charge in [-0.3, -0.25) is 24.4 Å². The van der Waals surface area contributed by atoms with Crippen molar-refractivity contribution in [2.75, 3.05) is 13.1 Å². The summed E-state index contributed by atoms with van der Waals surface area (Å²) in [5.41, 5.74) is 12.6. The summed E-state index contributed by atoms with van der Waals surface area (Å²) in [6, 6.07) is 17.4. The molecule has 0 saturated heterocycles. The highest BCUT2D eigenvalue weighted by Crippen LogP contribution is 2.33. The molecule has 0 saturated carbocycles. The Balaban J connectivity index is 0.000000208. The average molecular weight is 685 g/mol. The summed E-state index contributed by atoms with van der Waals surface area (Å²) in [5.74, 6) is 3.24. The number of carboxylic acids is 1. The number of carbonyl (C=O) groups is 4. The maximum atomic E-state index is 12.4. The minimum Gasteiger partial charge on any atom is -0.478 e. The molecule has 11 nitrogen and oxygen atoms in total. The molecule has 2 aromatic carbocycles. The van der Waals surface area contributed by atoms with Gasteiger partial charge in [0.05, 0.1) is 30.7 Å². The molecule has 0 fully saturated rings. The van der Waals surface area contributed by atoms with E-state index in [1.165, 1.54) is 0 Å². The highest BCUT2D eigenvalue weighted by atomic mass is 16.4. The Morgan fingerprint density at radius 1 is 0.725 bits per heavy atom. The Morgan fingerprint density at radius 3 is 1.61 bits per heavy atom. The Kier molecular flexibility index (Phi) is 13.2. The number of amides is 3. The number of hydrogen-bond donors (Lipinski definition) is 5.